The number of anilines is 1. The van der Waals surface area contributed by atoms with Crippen molar-refractivity contribution in [2.45, 2.75) is 31.8 Å². The summed E-state index contributed by atoms with van der Waals surface area (Å²) in [6.07, 6.45) is 0. The fourth-order valence-corrected chi connectivity index (χ4v) is 4.28. The first-order valence-electron chi connectivity index (χ1n) is 8.05. The van der Waals surface area contributed by atoms with E-state index in [0.29, 0.717) is 22.7 Å². The molecule has 0 aliphatic rings. The number of phenolic OH excluding ortho intramolecular Hbond substituents is 1. The van der Waals surface area contributed by atoms with E-state index >= 15 is 0 Å². The molecule has 0 spiro atoms. The van der Waals surface area contributed by atoms with Crippen molar-refractivity contribution in [3.05, 3.63) is 50.9 Å². The number of H-pyrrole nitrogens is 1. The van der Waals surface area contributed by atoms with E-state index in [9.17, 15) is 14.7 Å². The van der Waals surface area contributed by atoms with Gasteiger partial charge in [-0.05, 0) is 38.5 Å². The zero-order valence-electron chi connectivity index (χ0n) is 14.6. The van der Waals surface area contributed by atoms with Crippen LogP contribution in [0, 0.1) is 13.8 Å². The lowest BCUT2D eigenvalue weighted by Crippen LogP contribution is -2.23. The molecule has 2 aromatic heterocycles. The maximum atomic E-state index is 12.3. The van der Waals surface area contributed by atoms with Crippen LogP contribution in [0.5, 0.6) is 5.75 Å². The van der Waals surface area contributed by atoms with Crippen LogP contribution >= 0.6 is 23.1 Å². The van der Waals surface area contributed by atoms with Crippen LogP contribution in [0.3, 0.4) is 0 Å². The van der Waals surface area contributed by atoms with Crippen LogP contribution in [0.15, 0.2) is 29.1 Å². The number of nitrogens with one attached hydrogen (secondary N) is 2. The van der Waals surface area contributed by atoms with E-state index in [0.717, 1.165) is 15.3 Å². The second kappa shape index (κ2) is 7.51. The largest absolute Gasteiger partial charge is 0.508 e. The lowest BCUT2D eigenvalue weighted by molar-refractivity contribution is -0.115. The number of thioether (sulfide) groups is 1. The number of rotatable bonds is 5. The molecular weight excluding hydrogens is 370 g/mol. The maximum Gasteiger partial charge on any atom is 0.259 e. The highest BCUT2D eigenvalue weighted by Gasteiger charge is 2.16. The zero-order chi connectivity index (χ0) is 18.8. The average molecular weight is 390 g/mol. The molecule has 3 N–H and O–H groups in total. The van der Waals surface area contributed by atoms with Gasteiger partial charge < -0.3 is 15.4 Å². The summed E-state index contributed by atoms with van der Waals surface area (Å²) in [4.78, 5) is 33.7. The van der Waals surface area contributed by atoms with Gasteiger partial charge in [-0.2, -0.15) is 0 Å². The Bertz CT molecular complexity index is 1030. The summed E-state index contributed by atoms with van der Waals surface area (Å²) in [5, 5.41) is 12.5. The molecule has 1 amide bonds. The highest BCUT2D eigenvalue weighted by Crippen LogP contribution is 2.26. The standard InChI is InChI=1S/C18H19N3O3S2/c1-9-10(2)26-18-15(9)17(24)20-14(21-18)8-25-11(3)16(23)19-12-5-4-6-13(22)7-12/h4-7,11,22H,8H2,1-3H3,(H,19,23)(H,20,21,24). The van der Waals surface area contributed by atoms with Crippen molar-refractivity contribution in [1.29, 1.82) is 0 Å². The van der Waals surface area contributed by atoms with E-state index in [4.69, 9.17) is 0 Å². The molecule has 1 aromatic carbocycles. The predicted octanol–water partition coefficient (Wildman–Crippen LogP) is 3.57. The van der Waals surface area contributed by atoms with Gasteiger partial charge in [0.1, 0.15) is 16.4 Å². The van der Waals surface area contributed by atoms with Crippen molar-refractivity contribution in [1.82, 2.24) is 9.97 Å². The summed E-state index contributed by atoms with van der Waals surface area (Å²) in [5.41, 5.74) is 1.38. The first kappa shape index (κ1) is 18.5. The van der Waals surface area contributed by atoms with Gasteiger partial charge in [0.25, 0.3) is 5.56 Å². The molecular formula is C18H19N3O3S2. The third-order valence-electron chi connectivity index (χ3n) is 4.04. The Morgan fingerprint density at radius 2 is 2.19 bits per heavy atom. The van der Waals surface area contributed by atoms with Crippen molar-refractivity contribution >= 4 is 44.9 Å². The number of aromatic hydroxyl groups is 1. The number of hydrogen-bond donors (Lipinski definition) is 3. The molecule has 3 aromatic rings. The van der Waals surface area contributed by atoms with Crippen LogP contribution < -0.4 is 10.9 Å². The van der Waals surface area contributed by atoms with E-state index in [1.165, 1.54) is 29.2 Å². The summed E-state index contributed by atoms with van der Waals surface area (Å²) in [6.45, 7) is 5.69. The topological polar surface area (TPSA) is 95.1 Å². The Hall–Kier alpha value is -2.32. The second-order valence-electron chi connectivity index (χ2n) is 5.97. The van der Waals surface area contributed by atoms with Crippen LogP contribution in [0.2, 0.25) is 0 Å². The van der Waals surface area contributed by atoms with Gasteiger partial charge in [-0.25, -0.2) is 4.98 Å². The molecule has 1 unspecified atom stereocenters. The van der Waals surface area contributed by atoms with Crippen molar-refractivity contribution in [2.75, 3.05) is 5.32 Å². The zero-order valence-corrected chi connectivity index (χ0v) is 16.3. The molecule has 0 fully saturated rings. The smallest absolute Gasteiger partial charge is 0.259 e. The first-order valence-corrected chi connectivity index (χ1v) is 9.92. The van der Waals surface area contributed by atoms with Crippen LogP contribution in [0.4, 0.5) is 5.69 Å². The van der Waals surface area contributed by atoms with Crippen LogP contribution in [0.25, 0.3) is 10.2 Å². The van der Waals surface area contributed by atoms with E-state index in [2.05, 4.69) is 15.3 Å². The molecule has 136 valence electrons. The minimum Gasteiger partial charge on any atom is -0.508 e. The number of aromatic amines is 1. The third kappa shape index (κ3) is 3.91. The number of fused-ring (bicyclic) bond motifs is 1. The number of amides is 1. The summed E-state index contributed by atoms with van der Waals surface area (Å²) in [6, 6.07) is 6.41. The number of nitrogens with zero attached hydrogens (tertiary/aromatic N) is 1. The van der Waals surface area contributed by atoms with E-state index in [1.54, 1.807) is 25.1 Å². The Kier molecular flexibility index (Phi) is 5.33. The molecule has 1 atom stereocenters. The molecule has 0 bridgehead atoms. The molecule has 2 heterocycles. The number of hydrogen-bond acceptors (Lipinski definition) is 6. The summed E-state index contributed by atoms with van der Waals surface area (Å²) in [7, 11) is 0. The highest BCUT2D eigenvalue weighted by molar-refractivity contribution is 7.99. The molecule has 3 rings (SSSR count). The van der Waals surface area contributed by atoms with E-state index in [-0.39, 0.29) is 22.5 Å². The Morgan fingerprint density at radius 1 is 1.42 bits per heavy atom. The van der Waals surface area contributed by atoms with E-state index < -0.39 is 0 Å². The number of thiophene rings is 1. The van der Waals surface area contributed by atoms with E-state index in [1.807, 2.05) is 13.8 Å². The highest BCUT2D eigenvalue weighted by atomic mass is 32.2. The molecule has 0 saturated heterocycles. The quantitative estimate of drug-likeness (QED) is 0.620. The summed E-state index contributed by atoms with van der Waals surface area (Å²) in [5.74, 6) is 0.910. The minimum atomic E-state index is -0.342. The molecule has 6 nitrogen and oxygen atoms in total. The average Bonchev–Trinajstić information content (AvgIpc) is 2.87. The summed E-state index contributed by atoms with van der Waals surface area (Å²) < 4.78 is 0. The molecule has 0 aliphatic heterocycles. The van der Waals surface area contributed by atoms with Gasteiger partial charge in [0.15, 0.2) is 0 Å². The first-order chi connectivity index (χ1) is 12.3. The third-order valence-corrected chi connectivity index (χ3v) is 6.30. The van der Waals surface area contributed by atoms with Crippen LogP contribution in [0.1, 0.15) is 23.2 Å². The number of carbonyl (C=O) groups is 1. The molecule has 0 saturated carbocycles. The van der Waals surface area contributed by atoms with Gasteiger partial charge in [-0.3, -0.25) is 9.59 Å². The lowest BCUT2D eigenvalue weighted by atomic mass is 10.2. The normalized spacial score (nSPS) is 12.3. The minimum absolute atomic E-state index is 0.0970. The summed E-state index contributed by atoms with van der Waals surface area (Å²) >= 11 is 2.89. The van der Waals surface area contributed by atoms with Gasteiger partial charge in [0.05, 0.1) is 16.4 Å². The fourth-order valence-electron chi connectivity index (χ4n) is 2.47. The van der Waals surface area contributed by atoms with Gasteiger partial charge in [-0.15, -0.1) is 23.1 Å². The van der Waals surface area contributed by atoms with Crippen LogP contribution in [-0.2, 0) is 10.5 Å². The van der Waals surface area contributed by atoms with Crippen molar-refractivity contribution in [3.8, 4) is 5.75 Å². The van der Waals surface area contributed by atoms with Gasteiger partial charge in [0.2, 0.25) is 5.91 Å². The van der Waals surface area contributed by atoms with Crippen molar-refractivity contribution in [3.63, 3.8) is 0 Å². The molecule has 0 radical (unpaired) electrons. The van der Waals surface area contributed by atoms with Crippen LogP contribution in [-0.4, -0.2) is 26.2 Å². The number of aromatic nitrogens is 2. The van der Waals surface area contributed by atoms with Gasteiger partial charge in [0, 0.05) is 16.6 Å². The van der Waals surface area contributed by atoms with Gasteiger partial charge in [-0.1, -0.05) is 6.07 Å². The number of aryl methyl sites for hydroxylation is 2. The number of benzene rings is 1. The number of phenols is 1. The lowest BCUT2D eigenvalue weighted by Gasteiger charge is -2.12. The Balaban J connectivity index is 1.67. The maximum absolute atomic E-state index is 12.3. The van der Waals surface area contributed by atoms with Crippen molar-refractivity contribution < 1.29 is 9.90 Å². The molecule has 0 aliphatic carbocycles. The second-order valence-corrected chi connectivity index (χ2v) is 8.50. The molecule has 8 heteroatoms. The Morgan fingerprint density at radius 3 is 2.92 bits per heavy atom. The number of carbonyl (C=O) groups excluding carboxylic acids is 1. The van der Waals surface area contributed by atoms with Crippen molar-refractivity contribution in [2.24, 2.45) is 0 Å². The predicted molar refractivity (Wildman–Crippen MR) is 107 cm³/mol. The molecule has 26 heavy (non-hydrogen) atoms. The SMILES string of the molecule is Cc1sc2nc(CSC(C)C(=O)Nc3cccc(O)c3)[nH]c(=O)c2c1C. The fraction of sp³-hybridized carbons (Fsp3) is 0.278. The Labute approximate surface area is 158 Å². The monoisotopic (exact) mass is 389 g/mol. The van der Waals surface area contributed by atoms with Gasteiger partial charge >= 0.3 is 0 Å².